The van der Waals surface area contributed by atoms with Crippen LogP contribution in [-0.2, 0) is 4.79 Å². The minimum Gasteiger partial charge on any atom is -0.341 e. The lowest BCUT2D eigenvalue weighted by molar-refractivity contribution is -0.129. The van der Waals surface area contributed by atoms with Crippen molar-refractivity contribution in [3.8, 4) is 0 Å². The van der Waals surface area contributed by atoms with E-state index in [2.05, 4.69) is 16.3 Å². The lowest BCUT2D eigenvalue weighted by atomic mass is 9.97. The predicted octanol–water partition coefficient (Wildman–Crippen LogP) is 2.23. The molecule has 18 heavy (non-hydrogen) atoms. The van der Waals surface area contributed by atoms with E-state index in [-0.39, 0.29) is 6.04 Å². The predicted molar refractivity (Wildman–Crippen MR) is 72.3 cm³/mol. The average Bonchev–Trinajstić information content (AvgIpc) is 3.15. The topological polar surface area (TPSA) is 32.3 Å². The first-order valence-electron chi connectivity index (χ1n) is 7.55. The zero-order valence-corrected chi connectivity index (χ0v) is 11.2. The molecule has 0 aromatic carbocycles. The maximum atomic E-state index is 12.2. The van der Waals surface area contributed by atoms with Gasteiger partial charge in [-0.2, -0.15) is 0 Å². The Kier molecular flexibility index (Phi) is 3.69. The summed E-state index contributed by atoms with van der Waals surface area (Å²) in [6, 6.07) is 0.762. The molecule has 1 unspecified atom stereocenters. The largest absolute Gasteiger partial charge is 0.341 e. The summed E-state index contributed by atoms with van der Waals surface area (Å²) in [4.78, 5) is 14.3. The minimum atomic E-state index is 0.123. The van der Waals surface area contributed by atoms with Gasteiger partial charge >= 0.3 is 0 Å². The van der Waals surface area contributed by atoms with Gasteiger partial charge in [-0.15, -0.1) is 0 Å². The number of amides is 1. The van der Waals surface area contributed by atoms with Crippen molar-refractivity contribution < 1.29 is 4.79 Å². The molecule has 3 aliphatic rings. The fraction of sp³-hybridized carbons (Fsp3) is 0.800. The SMILES string of the molecule is O=C1C(NC2CC2)CCN1CCC1=CCCCC1. The highest BCUT2D eigenvalue weighted by Crippen LogP contribution is 2.24. The van der Waals surface area contributed by atoms with E-state index in [0.29, 0.717) is 11.9 Å². The maximum absolute atomic E-state index is 12.2. The van der Waals surface area contributed by atoms with Gasteiger partial charge in [-0.25, -0.2) is 0 Å². The normalized spacial score (nSPS) is 28.7. The zero-order chi connectivity index (χ0) is 12.4. The Hall–Kier alpha value is -0.830. The first-order valence-corrected chi connectivity index (χ1v) is 7.55. The van der Waals surface area contributed by atoms with Crippen LogP contribution in [0.15, 0.2) is 11.6 Å². The standard InChI is InChI=1S/C15H24N2O/c18-15-14(16-13-6-7-13)9-11-17(15)10-8-12-4-2-1-3-5-12/h4,13-14,16H,1-3,5-11H2. The molecular weight excluding hydrogens is 224 g/mol. The molecule has 1 saturated carbocycles. The van der Waals surface area contributed by atoms with Crippen molar-refractivity contribution in [2.24, 2.45) is 0 Å². The van der Waals surface area contributed by atoms with Crippen molar-refractivity contribution >= 4 is 5.91 Å². The number of rotatable bonds is 5. The van der Waals surface area contributed by atoms with Gasteiger partial charge in [-0.1, -0.05) is 11.6 Å². The Morgan fingerprint density at radius 2 is 2.17 bits per heavy atom. The molecule has 1 atom stereocenters. The van der Waals surface area contributed by atoms with Gasteiger partial charge in [0.15, 0.2) is 0 Å². The number of carbonyl (C=O) groups excluding carboxylic acids is 1. The van der Waals surface area contributed by atoms with Gasteiger partial charge in [0.05, 0.1) is 6.04 Å². The van der Waals surface area contributed by atoms with Gasteiger partial charge in [0, 0.05) is 19.1 Å². The van der Waals surface area contributed by atoms with E-state index in [1.54, 1.807) is 5.57 Å². The van der Waals surface area contributed by atoms with Gasteiger partial charge < -0.3 is 10.2 Å². The molecular formula is C15H24N2O. The molecule has 2 aliphatic carbocycles. The number of nitrogens with zero attached hydrogens (tertiary/aromatic N) is 1. The highest BCUT2D eigenvalue weighted by atomic mass is 16.2. The van der Waals surface area contributed by atoms with Crippen LogP contribution in [0.2, 0.25) is 0 Å². The van der Waals surface area contributed by atoms with Crippen molar-refractivity contribution in [2.45, 2.75) is 63.5 Å². The van der Waals surface area contributed by atoms with Crippen LogP contribution in [0.25, 0.3) is 0 Å². The van der Waals surface area contributed by atoms with Gasteiger partial charge in [-0.3, -0.25) is 4.79 Å². The minimum absolute atomic E-state index is 0.123. The van der Waals surface area contributed by atoms with Crippen LogP contribution < -0.4 is 5.32 Å². The number of hydrogen-bond donors (Lipinski definition) is 1. The van der Waals surface area contributed by atoms with Crippen molar-refractivity contribution in [1.82, 2.24) is 10.2 Å². The molecule has 3 nitrogen and oxygen atoms in total. The van der Waals surface area contributed by atoms with Crippen molar-refractivity contribution in [2.75, 3.05) is 13.1 Å². The summed E-state index contributed by atoms with van der Waals surface area (Å²) >= 11 is 0. The molecule has 2 fully saturated rings. The molecule has 0 radical (unpaired) electrons. The summed E-state index contributed by atoms with van der Waals surface area (Å²) in [5, 5.41) is 3.46. The summed E-state index contributed by atoms with van der Waals surface area (Å²) in [5.41, 5.74) is 1.58. The third-order valence-electron chi connectivity index (χ3n) is 4.40. The van der Waals surface area contributed by atoms with E-state index in [1.165, 1.54) is 38.5 Å². The molecule has 3 rings (SSSR count). The maximum Gasteiger partial charge on any atom is 0.239 e. The molecule has 1 amide bonds. The Labute approximate surface area is 110 Å². The zero-order valence-electron chi connectivity index (χ0n) is 11.2. The van der Waals surface area contributed by atoms with Crippen molar-refractivity contribution in [3.05, 3.63) is 11.6 Å². The third-order valence-corrected chi connectivity index (χ3v) is 4.40. The van der Waals surface area contributed by atoms with Crippen LogP contribution in [0, 0.1) is 0 Å². The average molecular weight is 248 g/mol. The molecule has 0 aromatic rings. The van der Waals surface area contributed by atoms with Gasteiger partial charge in [0.1, 0.15) is 0 Å². The van der Waals surface area contributed by atoms with Crippen LogP contribution in [0.3, 0.4) is 0 Å². The lowest BCUT2D eigenvalue weighted by Crippen LogP contribution is -2.39. The van der Waals surface area contributed by atoms with Crippen LogP contribution in [0.5, 0.6) is 0 Å². The highest BCUT2D eigenvalue weighted by molar-refractivity contribution is 5.84. The first-order chi connectivity index (χ1) is 8.83. The van der Waals surface area contributed by atoms with Crippen LogP contribution in [0.1, 0.15) is 51.4 Å². The Morgan fingerprint density at radius 3 is 2.89 bits per heavy atom. The van der Waals surface area contributed by atoms with E-state index in [9.17, 15) is 4.79 Å². The molecule has 0 aromatic heterocycles. The highest BCUT2D eigenvalue weighted by Gasteiger charge is 2.35. The lowest BCUT2D eigenvalue weighted by Gasteiger charge is -2.19. The Morgan fingerprint density at radius 1 is 1.28 bits per heavy atom. The monoisotopic (exact) mass is 248 g/mol. The first kappa shape index (κ1) is 12.2. The molecule has 1 aliphatic heterocycles. The van der Waals surface area contributed by atoms with E-state index in [0.717, 1.165) is 25.9 Å². The molecule has 100 valence electrons. The summed E-state index contributed by atoms with van der Waals surface area (Å²) in [5.74, 6) is 0.346. The van der Waals surface area contributed by atoms with E-state index >= 15 is 0 Å². The van der Waals surface area contributed by atoms with E-state index in [4.69, 9.17) is 0 Å². The Bertz CT molecular complexity index is 346. The third kappa shape index (κ3) is 2.94. The Balaban J connectivity index is 1.45. The molecule has 1 N–H and O–H groups in total. The second kappa shape index (κ2) is 5.43. The number of nitrogens with one attached hydrogen (secondary N) is 1. The number of hydrogen-bond acceptors (Lipinski definition) is 2. The fourth-order valence-corrected chi connectivity index (χ4v) is 3.06. The smallest absolute Gasteiger partial charge is 0.239 e. The van der Waals surface area contributed by atoms with Crippen LogP contribution in [-0.4, -0.2) is 36.0 Å². The summed E-state index contributed by atoms with van der Waals surface area (Å²) in [6.45, 7) is 1.89. The second-order valence-corrected chi connectivity index (χ2v) is 5.97. The quantitative estimate of drug-likeness (QED) is 0.757. The van der Waals surface area contributed by atoms with Crippen LogP contribution >= 0.6 is 0 Å². The van der Waals surface area contributed by atoms with E-state index < -0.39 is 0 Å². The number of likely N-dealkylation sites (tertiary alicyclic amines) is 1. The number of carbonyl (C=O) groups is 1. The fourth-order valence-electron chi connectivity index (χ4n) is 3.06. The van der Waals surface area contributed by atoms with Crippen molar-refractivity contribution in [3.63, 3.8) is 0 Å². The molecule has 1 heterocycles. The van der Waals surface area contributed by atoms with Gasteiger partial charge in [-0.05, 0) is 51.4 Å². The molecule has 0 spiro atoms. The van der Waals surface area contributed by atoms with E-state index in [1.807, 2.05) is 0 Å². The number of allylic oxidation sites excluding steroid dienone is 1. The van der Waals surface area contributed by atoms with Gasteiger partial charge in [0.25, 0.3) is 0 Å². The van der Waals surface area contributed by atoms with Crippen LogP contribution in [0.4, 0.5) is 0 Å². The van der Waals surface area contributed by atoms with Gasteiger partial charge in [0.2, 0.25) is 5.91 Å². The van der Waals surface area contributed by atoms with Crippen molar-refractivity contribution in [1.29, 1.82) is 0 Å². The molecule has 0 bridgehead atoms. The second-order valence-electron chi connectivity index (χ2n) is 5.97. The summed E-state index contributed by atoms with van der Waals surface area (Å²) < 4.78 is 0. The summed E-state index contributed by atoms with van der Waals surface area (Å²) in [7, 11) is 0. The molecule has 1 saturated heterocycles. The summed E-state index contributed by atoms with van der Waals surface area (Å²) in [6.07, 6.45) is 12.2. The molecule has 3 heteroatoms.